The second-order valence-electron chi connectivity index (χ2n) is 6.81. The molecule has 0 unspecified atom stereocenters. The zero-order chi connectivity index (χ0) is 22.9. The number of amides is 1. The lowest BCUT2D eigenvalue weighted by Gasteiger charge is -2.09. The van der Waals surface area contributed by atoms with Crippen molar-refractivity contribution in [3.63, 3.8) is 0 Å². The molecule has 32 heavy (non-hydrogen) atoms. The highest BCUT2D eigenvalue weighted by molar-refractivity contribution is 7.92. The van der Waals surface area contributed by atoms with Crippen LogP contribution in [0.25, 0.3) is 10.2 Å². The number of carbonyl (C=O) groups excluding carboxylic acids is 1. The van der Waals surface area contributed by atoms with Gasteiger partial charge in [0.1, 0.15) is 5.75 Å². The summed E-state index contributed by atoms with van der Waals surface area (Å²) >= 11 is 7.61. The lowest BCUT2D eigenvalue weighted by atomic mass is 10.2. The third-order valence-corrected chi connectivity index (χ3v) is 7.50. The maximum atomic E-state index is 12.8. The number of aromatic nitrogens is 1. The third kappa shape index (κ3) is 4.40. The fourth-order valence-corrected chi connectivity index (χ4v) is 5.55. The first-order valence-electron chi connectivity index (χ1n) is 9.38. The van der Waals surface area contributed by atoms with E-state index in [0.717, 1.165) is 10.2 Å². The van der Waals surface area contributed by atoms with Crippen molar-refractivity contribution < 1.29 is 17.9 Å². The monoisotopic (exact) mass is 487 g/mol. The third-order valence-electron chi connectivity index (χ3n) is 4.70. The number of rotatable bonds is 5. The highest BCUT2D eigenvalue weighted by atomic mass is 35.5. The quantitative estimate of drug-likeness (QED) is 0.450. The van der Waals surface area contributed by atoms with Gasteiger partial charge in [0.25, 0.3) is 15.9 Å². The van der Waals surface area contributed by atoms with Crippen LogP contribution in [0.2, 0.25) is 5.02 Å². The number of nitrogens with one attached hydrogen (secondary N) is 1. The minimum absolute atomic E-state index is 0.0777. The Morgan fingerprint density at radius 3 is 2.50 bits per heavy atom. The van der Waals surface area contributed by atoms with Crippen LogP contribution in [0.3, 0.4) is 0 Å². The van der Waals surface area contributed by atoms with Gasteiger partial charge in [0, 0.05) is 18.3 Å². The first-order chi connectivity index (χ1) is 15.3. The number of thiazole rings is 1. The van der Waals surface area contributed by atoms with Crippen LogP contribution in [0.15, 0.2) is 76.6 Å². The number of halogens is 1. The number of aryl methyl sites for hydroxylation is 1. The zero-order valence-corrected chi connectivity index (χ0v) is 19.5. The fraction of sp³-hybridized carbons (Fsp3) is 0.0909. The normalized spacial score (nSPS) is 12.2. The molecule has 1 heterocycles. The molecule has 0 radical (unpaired) electrons. The molecule has 0 bridgehead atoms. The fourth-order valence-electron chi connectivity index (χ4n) is 3.10. The van der Waals surface area contributed by atoms with Crippen molar-refractivity contribution in [2.45, 2.75) is 4.90 Å². The van der Waals surface area contributed by atoms with Crippen LogP contribution in [0, 0.1) is 0 Å². The van der Waals surface area contributed by atoms with Crippen molar-refractivity contribution in [3.8, 4) is 5.75 Å². The van der Waals surface area contributed by atoms with Crippen molar-refractivity contribution in [1.82, 2.24) is 4.57 Å². The predicted octanol–water partition coefficient (Wildman–Crippen LogP) is 4.44. The zero-order valence-electron chi connectivity index (χ0n) is 17.1. The predicted molar refractivity (Wildman–Crippen MR) is 126 cm³/mol. The number of hydrogen-bond acceptors (Lipinski definition) is 5. The van der Waals surface area contributed by atoms with Gasteiger partial charge < -0.3 is 9.30 Å². The number of nitrogens with zero attached hydrogens (tertiary/aromatic N) is 2. The molecule has 3 aromatic carbocycles. The molecule has 0 saturated carbocycles. The Morgan fingerprint density at radius 2 is 1.81 bits per heavy atom. The number of anilines is 1. The van der Waals surface area contributed by atoms with Crippen LogP contribution in [-0.2, 0) is 17.1 Å². The summed E-state index contributed by atoms with van der Waals surface area (Å²) in [5, 5.41) is 0.574. The first-order valence-corrected chi connectivity index (χ1v) is 12.1. The van der Waals surface area contributed by atoms with E-state index < -0.39 is 15.9 Å². The van der Waals surface area contributed by atoms with E-state index in [9.17, 15) is 13.2 Å². The molecule has 1 amide bonds. The number of fused-ring (bicyclic) bond motifs is 1. The van der Waals surface area contributed by atoms with E-state index in [-0.39, 0.29) is 16.1 Å². The van der Waals surface area contributed by atoms with Gasteiger partial charge >= 0.3 is 0 Å². The molecule has 0 fully saturated rings. The standard InChI is InChI=1S/C22H18ClN3O4S2/c1-26-20-18(23)7-4-8-19(20)31-22(26)24-21(27)14-5-3-6-15(13-14)25-32(28,29)17-11-9-16(30-2)10-12-17/h3-13,25H,1-2H3. The van der Waals surface area contributed by atoms with E-state index >= 15 is 0 Å². The number of para-hydroxylation sites is 1. The Morgan fingerprint density at radius 1 is 1.09 bits per heavy atom. The summed E-state index contributed by atoms with van der Waals surface area (Å²) in [5.74, 6) is 0.0580. The number of methoxy groups -OCH3 is 1. The van der Waals surface area contributed by atoms with Crippen molar-refractivity contribution in [2.24, 2.45) is 12.0 Å². The molecule has 10 heteroatoms. The van der Waals surface area contributed by atoms with E-state index in [2.05, 4.69) is 9.71 Å². The summed E-state index contributed by atoms with van der Waals surface area (Å²) in [7, 11) is -0.542. The maximum Gasteiger partial charge on any atom is 0.279 e. The summed E-state index contributed by atoms with van der Waals surface area (Å²) in [6.45, 7) is 0. The molecular formula is C22H18ClN3O4S2. The molecule has 0 aliphatic carbocycles. The minimum atomic E-state index is -3.83. The second-order valence-corrected chi connectivity index (χ2v) is 9.91. The van der Waals surface area contributed by atoms with Crippen molar-refractivity contribution in [3.05, 3.63) is 82.1 Å². The van der Waals surface area contributed by atoms with E-state index in [4.69, 9.17) is 16.3 Å². The summed E-state index contributed by atoms with van der Waals surface area (Å²) in [6, 6.07) is 17.7. The number of ether oxygens (including phenoxy) is 1. The van der Waals surface area contributed by atoms with Crippen LogP contribution < -0.4 is 14.3 Å². The number of carbonyl (C=O) groups is 1. The van der Waals surface area contributed by atoms with Crippen molar-refractivity contribution in [2.75, 3.05) is 11.8 Å². The van der Waals surface area contributed by atoms with Gasteiger partial charge in [-0.25, -0.2) is 8.42 Å². The largest absolute Gasteiger partial charge is 0.497 e. The van der Waals surface area contributed by atoms with Gasteiger partial charge in [-0.15, -0.1) is 0 Å². The lowest BCUT2D eigenvalue weighted by molar-refractivity contribution is 0.0998. The van der Waals surface area contributed by atoms with Gasteiger partial charge in [0.15, 0.2) is 4.80 Å². The molecule has 0 spiro atoms. The molecule has 1 N–H and O–H groups in total. The van der Waals surface area contributed by atoms with Gasteiger partial charge in [-0.05, 0) is 54.6 Å². The van der Waals surface area contributed by atoms with Crippen LogP contribution in [0.4, 0.5) is 5.69 Å². The molecule has 4 rings (SSSR count). The number of benzene rings is 3. The minimum Gasteiger partial charge on any atom is -0.497 e. The van der Waals surface area contributed by atoms with Crippen LogP contribution in [-0.4, -0.2) is 26.0 Å². The maximum absolute atomic E-state index is 12.8. The topological polar surface area (TPSA) is 89.8 Å². The van der Waals surface area contributed by atoms with Crippen LogP contribution in [0.5, 0.6) is 5.75 Å². The number of sulfonamides is 1. The van der Waals surface area contributed by atoms with Gasteiger partial charge in [-0.2, -0.15) is 4.99 Å². The SMILES string of the molecule is COc1ccc(S(=O)(=O)Nc2cccc(C(=O)N=c3sc4cccc(Cl)c4n3C)c2)cc1. The van der Waals surface area contributed by atoms with E-state index in [1.165, 1.54) is 36.6 Å². The van der Waals surface area contributed by atoms with Crippen LogP contribution >= 0.6 is 22.9 Å². The summed E-state index contributed by atoms with van der Waals surface area (Å²) in [4.78, 5) is 17.6. The van der Waals surface area contributed by atoms with E-state index in [0.29, 0.717) is 15.6 Å². The average Bonchev–Trinajstić information content (AvgIpc) is 3.10. The van der Waals surface area contributed by atoms with Gasteiger partial charge in [0.05, 0.1) is 27.2 Å². The molecule has 0 aliphatic heterocycles. The summed E-state index contributed by atoms with van der Waals surface area (Å²) in [5.41, 5.74) is 1.31. The average molecular weight is 488 g/mol. The highest BCUT2D eigenvalue weighted by Gasteiger charge is 2.16. The summed E-state index contributed by atoms with van der Waals surface area (Å²) < 4.78 is 35.6. The molecule has 1 aromatic heterocycles. The van der Waals surface area contributed by atoms with Gasteiger partial charge in [-0.3, -0.25) is 9.52 Å². The molecule has 4 aromatic rings. The Hall–Kier alpha value is -3.14. The second kappa shape index (κ2) is 8.78. The smallest absolute Gasteiger partial charge is 0.279 e. The van der Waals surface area contributed by atoms with Crippen molar-refractivity contribution >= 4 is 54.8 Å². The Bertz CT molecular complexity index is 1490. The number of hydrogen-bond donors (Lipinski definition) is 1. The molecule has 164 valence electrons. The highest BCUT2D eigenvalue weighted by Crippen LogP contribution is 2.25. The lowest BCUT2D eigenvalue weighted by Crippen LogP contribution is -2.14. The molecule has 0 atom stereocenters. The molecule has 7 nitrogen and oxygen atoms in total. The Labute approximate surface area is 193 Å². The van der Waals surface area contributed by atoms with Gasteiger partial charge in [-0.1, -0.05) is 35.1 Å². The molecular weight excluding hydrogens is 470 g/mol. The molecule has 0 saturated heterocycles. The van der Waals surface area contributed by atoms with Crippen LogP contribution in [0.1, 0.15) is 10.4 Å². The van der Waals surface area contributed by atoms with E-state index in [1.54, 1.807) is 48.0 Å². The Balaban J connectivity index is 1.63. The van der Waals surface area contributed by atoms with E-state index in [1.807, 2.05) is 12.1 Å². The first kappa shape index (κ1) is 22.1. The van der Waals surface area contributed by atoms with Crippen molar-refractivity contribution in [1.29, 1.82) is 0 Å². The molecule has 0 aliphatic rings. The Kier molecular flexibility index (Phi) is 6.05. The van der Waals surface area contributed by atoms with Gasteiger partial charge in [0.2, 0.25) is 0 Å². The summed E-state index contributed by atoms with van der Waals surface area (Å²) in [6.07, 6.45) is 0.